The molecule has 140 valence electrons. The minimum absolute atomic E-state index is 0.179. The van der Waals surface area contributed by atoms with Crippen LogP contribution in [0.5, 0.6) is 0 Å². The van der Waals surface area contributed by atoms with Gasteiger partial charge in [-0.1, -0.05) is 24.3 Å². The summed E-state index contributed by atoms with van der Waals surface area (Å²) >= 11 is 6.69. The van der Waals surface area contributed by atoms with Crippen LogP contribution in [0, 0.1) is 0 Å². The summed E-state index contributed by atoms with van der Waals surface area (Å²) in [5, 5.41) is 10.5. The van der Waals surface area contributed by atoms with Gasteiger partial charge in [0, 0.05) is 27.9 Å². The van der Waals surface area contributed by atoms with Crippen LogP contribution in [-0.4, -0.2) is 16.9 Å². The van der Waals surface area contributed by atoms with Crippen molar-refractivity contribution in [2.24, 2.45) is 0 Å². The fourth-order valence-corrected chi connectivity index (χ4v) is 3.13. The number of benzene rings is 2. The van der Waals surface area contributed by atoms with E-state index in [1.165, 1.54) is 6.08 Å². The molecule has 7 heteroatoms. The van der Waals surface area contributed by atoms with Crippen molar-refractivity contribution in [2.75, 3.05) is 10.6 Å². The molecule has 0 aliphatic rings. The maximum absolute atomic E-state index is 12.1. The summed E-state index contributed by atoms with van der Waals surface area (Å²) in [7, 11) is 0. The minimum atomic E-state index is -0.308. The van der Waals surface area contributed by atoms with Gasteiger partial charge in [0.1, 0.15) is 0 Å². The van der Waals surface area contributed by atoms with E-state index in [0.717, 1.165) is 4.88 Å². The van der Waals surface area contributed by atoms with Crippen molar-refractivity contribution in [1.29, 1.82) is 0 Å². The lowest BCUT2D eigenvalue weighted by molar-refractivity contribution is -0.115. The summed E-state index contributed by atoms with van der Waals surface area (Å²) in [5.74, 6) is -0.487. The lowest BCUT2D eigenvalue weighted by atomic mass is 10.2. The molecule has 2 amide bonds. The van der Waals surface area contributed by atoms with Crippen molar-refractivity contribution >= 4 is 57.9 Å². The Bertz CT molecular complexity index is 982. The van der Waals surface area contributed by atoms with Gasteiger partial charge in [-0.3, -0.25) is 14.9 Å². The first kappa shape index (κ1) is 19.5. The predicted octanol–water partition coefficient (Wildman–Crippen LogP) is 4.53. The summed E-state index contributed by atoms with van der Waals surface area (Å²) in [5.41, 5.74) is 1.95. The molecule has 28 heavy (non-hydrogen) atoms. The van der Waals surface area contributed by atoms with Crippen molar-refractivity contribution in [2.45, 2.75) is 0 Å². The molecule has 0 saturated carbocycles. The van der Waals surface area contributed by atoms with Crippen molar-refractivity contribution in [3.8, 4) is 0 Å². The maximum atomic E-state index is 12.1. The molecule has 1 aromatic heterocycles. The Hall–Kier alpha value is -3.29. The SMILES string of the molecule is O=C(/C=C/c1cccs1)NC(=S)Nc1ccc(NC(=O)c2ccccc2)cc1. The standard InChI is InChI=1S/C21H17N3O2S2/c25-19(13-12-18-7-4-14-28-18)24-21(27)23-17-10-8-16(9-11-17)22-20(26)15-5-2-1-3-6-15/h1-14H,(H,22,26)(H2,23,24,25,27)/b13-12+. The lowest BCUT2D eigenvalue weighted by Crippen LogP contribution is -2.32. The van der Waals surface area contributed by atoms with Gasteiger partial charge < -0.3 is 10.6 Å². The summed E-state index contributed by atoms with van der Waals surface area (Å²) in [6.07, 6.45) is 3.16. The number of rotatable bonds is 5. The van der Waals surface area contributed by atoms with Crippen molar-refractivity contribution in [1.82, 2.24) is 5.32 Å². The normalized spacial score (nSPS) is 10.4. The molecule has 0 aliphatic heterocycles. The molecule has 0 radical (unpaired) electrons. The zero-order chi connectivity index (χ0) is 19.8. The zero-order valence-corrected chi connectivity index (χ0v) is 16.3. The van der Waals surface area contributed by atoms with Crippen molar-refractivity contribution in [3.05, 3.63) is 88.6 Å². The molecule has 0 fully saturated rings. The van der Waals surface area contributed by atoms with Gasteiger partial charge in [0.25, 0.3) is 5.91 Å². The van der Waals surface area contributed by atoms with Gasteiger partial charge in [-0.25, -0.2) is 0 Å². The van der Waals surface area contributed by atoms with Crippen LogP contribution in [-0.2, 0) is 4.79 Å². The number of amides is 2. The highest BCUT2D eigenvalue weighted by molar-refractivity contribution is 7.80. The molecule has 0 aliphatic carbocycles. The number of anilines is 2. The van der Waals surface area contributed by atoms with E-state index in [-0.39, 0.29) is 16.9 Å². The smallest absolute Gasteiger partial charge is 0.255 e. The monoisotopic (exact) mass is 407 g/mol. The van der Waals surface area contributed by atoms with Gasteiger partial charge in [0.15, 0.2) is 5.11 Å². The first-order chi connectivity index (χ1) is 13.6. The highest BCUT2D eigenvalue weighted by atomic mass is 32.1. The second-order valence-electron chi connectivity index (χ2n) is 5.69. The first-order valence-corrected chi connectivity index (χ1v) is 9.69. The molecule has 3 N–H and O–H groups in total. The number of hydrogen-bond acceptors (Lipinski definition) is 4. The van der Waals surface area contributed by atoms with Gasteiger partial charge in [-0.2, -0.15) is 0 Å². The Morgan fingerprint density at radius 1 is 0.857 bits per heavy atom. The second kappa shape index (κ2) is 9.59. The summed E-state index contributed by atoms with van der Waals surface area (Å²) in [6, 6.07) is 19.9. The zero-order valence-electron chi connectivity index (χ0n) is 14.7. The van der Waals surface area contributed by atoms with Crippen LogP contribution in [0.4, 0.5) is 11.4 Å². The average molecular weight is 408 g/mol. The highest BCUT2D eigenvalue weighted by Gasteiger charge is 2.06. The van der Waals surface area contributed by atoms with E-state index in [4.69, 9.17) is 12.2 Å². The number of nitrogens with one attached hydrogen (secondary N) is 3. The van der Waals surface area contributed by atoms with E-state index in [1.807, 2.05) is 35.7 Å². The topological polar surface area (TPSA) is 70.2 Å². The molecule has 0 spiro atoms. The highest BCUT2D eigenvalue weighted by Crippen LogP contribution is 2.15. The fraction of sp³-hybridized carbons (Fsp3) is 0. The van der Waals surface area contributed by atoms with Crippen LogP contribution >= 0.6 is 23.6 Å². The number of carbonyl (C=O) groups excluding carboxylic acids is 2. The van der Waals surface area contributed by atoms with Crippen molar-refractivity contribution < 1.29 is 9.59 Å². The van der Waals surface area contributed by atoms with E-state index in [9.17, 15) is 9.59 Å². The van der Waals surface area contributed by atoms with Crippen LogP contribution in [0.25, 0.3) is 6.08 Å². The van der Waals surface area contributed by atoms with Crippen molar-refractivity contribution in [3.63, 3.8) is 0 Å². The van der Waals surface area contributed by atoms with Crippen LogP contribution in [0.1, 0.15) is 15.2 Å². The Morgan fingerprint density at radius 2 is 1.54 bits per heavy atom. The Balaban J connectivity index is 1.50. The molecular formula is C21H17N3O2S2. The summed E-state index contributed by atoms with van der Waals surface area (Å²) < 4.78 is 0. The Labute approximate surface area is 172 Å². The molecule has 3 aromatic rings. The van der Waals surface area contributed by atoms with Gasteiger partial charge in [0.05, 0.1) is 0 Å². The van der Waals surface area contributed by atoms with Gasteiger partial charge >= 0.3 is 0 Å². The molecular weight excluding hydrogens is 390 g/mol. The molecule has 1 heterocycles. The summed E-state index contributed by atoms with van der Waals surface area (Å²) in [6.45, 7) is 0. The van der Waals surface area contributed by atoms with Gasteiger partial charge in [-0.15, -0.1) is 11.3 Å². The third kappa shape index (κ3) is 5.87. The number of carbonyl (C=O) groups is 2. The van der Waals surface area contributed by atoms with E-state index >= 15 is 0 Å². The lowest BCUT2D eigenvalue weighted by Gasteiger charge is -2.10. The largest absolute Gasteiger partial charge is 0.332 e. The second-order valence-corrected chi connectivity index (χ2v) is 7.08. The third-order valence-corrected chi connectivity index (χ3v) is 4.66. The number of hydrogen-bond donors (Lipinski definition) is 3. The van der Waals surface area contributed by atoms with Crippen LogP contribution in [0.3, 0.4) is 0 Å². The third-order valence-electron chi connectivity index (χ3n) is 3.62. The van der Waals surface area contributed by atoms with Gasteiger partial charge in [-0.05, 0) is 66.1 Å². The van der Waals surface area contributed by atoms with Crippen LogP contribution in [0.15, 0.2) is 78.2 Å². The van der Waals surface area contributed by atoms with Gasteiger partial charge in [0.2, 0.25) is 5.91 Å². The Morgan fingerprint density at radius 3 is 2.18 bits per heavy atom. The van der Waals surface area contributed by atoms with E-state index in [1.54, 1.807) is 53.8 Å². The molecule has 0 saturated heterocycles. The molecule has 0 atom stereocenters. The molecule has 2 aromatic carbocycles. The Kier molecular flexibility index (Phi) is 6.67. The van der Waals surface area contributed by atoms with Crippen LogP contribution < -0.4 is 16.0 Å². The van der Waals surface area contributed by atoms with E-state index in [0.29, 0.717) is 16.9 Å². The molecule has 0 bridgehead atoms. The average Bonchev–Trinajstić information content (AvgIpc) is 3.22. The molecule has 3 rings (SSSR count). The number of thiophene rings is 1. The minimum Gasteiger partial charge on any atom is -0.332 e. The number of thiocarbonyl (C=S) groups is 1. The predicted molar refractivity (Wildman–Crippen MR) is 119 cm³/mol. The van der Waals surface area contributed by atoms with Crippen LogP contribution in [0.2, 0.25) is 0 Å². The fourth-order valence-electron chi connectivity index (χ4n) is 2.29. The molecule has 0 unspecified atom stereocenters. The summed E-state index contributed by atoms with van der Waals surface area (Å²) in [4.78, 5) is 25.0. The molecule has 5 nitrogen and oxygen atoms in total. The van der Waals surface area contributed by atoms with E-state index in [2.05, 4.69) is 16.0 Å². The van der Waals surface area contributed by atoms with E-state index < -0.39 is 0 Å². The quantitative estimate of drug-likeness (QED) is 0.429. The first-order valence-electron chi connectivity index (χ1n) is 8.40. The maximum Gasteiger partial charge on any atom is 0.255 e.